The molecule has 1 saturated heterocycles. The summed E-state index contributed by atoms with van der Waals surface area (Å²) in [7, 11) is 0. The summed E-state index contributed by atoms with van der Waals surface area (Å²) in [6, 6.07) is 0. The number of rotatable bonds is 1. The minimum absolute atomic E-state index is 0.470. The van der Waals surface area contributed by atoms with Gasteiger partial charge in [0, 0.05) is 5.92 Å². The summed E-state index contributed by atoms with van der Waals surface area (Å²) in [6.45, 7) is 1.89. The number of hydrogen-bond donors (Lipinski definition) is 1. The Hall–Kier alpha value is -0.150. The zero-order valence-corrected chi connectivity index (χ0v) is 6.16. The Morgan fingerprint density at radius 2 is 2.00 bits per heavy atom. The molecule has 1 rings (SSSR count). The average molecular weight is 143 g/mol. The highest BCUT2D eigenvalue weighted by molar-refractivity contribution is 7.80. The lowest BCUT2D eigenvalue weighted by Crippen LogP contribution is -2.25. The molecule has 0 amide bonds. The van der Waals surface area contributed by atoms with Crippen LogP contribution in [0.3, 0.4) is 0 Å². The molecule has 0 aromatic rings. The van der Waals surface area contributed by atoms with Crippen molar-refractivity contribution in [3.05, 3.63) is 5.32 Å². The maximum Gasteiger partial charge on any atom is 0.0757 e. The van der Waals surface area contributed by atoms with Gasteiger partial charge in [0.1, 0.15) is 0 Å². The molecule has 0 radical (unpaired) electrons. The second kappa shape index (κ2) is 3.13. The van der Waals surface area contributed by atoms with Crippen molar-refractivity contribution in [1.29, 1.82) is 0 Å². The molecule has 0 unspecified atom stereocenters. The molecular weight excluding hydrogens is 132 g/mol. The van der Waals surface area contributed by atoms with Crippen molar-refractivity contribution in [2.45, 2.75) is 12.8 Å². The van der Waals surface area contributed by atoms with E-state index in [4.69, 9.17) is 18.0 Å². The molecular formula is C6H11N2S-. The quantitative estimate of drug-likeness (QED) is 0.557. The Labute approximate surface area is 60.8 Å². The minimum atomic E-state index is 0.470. The molecule has 3 heteroatoms. The van der Waals surface area contributed by atoms with Crippen LogP contribution < -0.4 is 5.73 Å². The van der Waals surface area contributed by atoms with Crippen LogP contribution in [0.15, 0.2) is 0 Å². The Bertz CT molecular complexity index is 108. The van der Waals surface area contributed by atoms with Gasteiger partial charge in [0.25, 0.3) is 0 Å². The van der Waals surface area contributed by atoms with Gasteiger partial charge in [-0.05, 0) is 0 Å². The molecule has 0 aromatic heterocycles. The SMILES string of the molecule is NC(=S)C1CC[N-]CC1. The fourth-order valence-electron chi connectivity index (χ4n) is 1.03. The largest absolute Gasteiger partial charge is 0.662 e. The summed E-state index contributed by atoms with van der Waals surface area (Å²) in [5, 5.41) is 4.19. The normalized spacial score (nSPS) is 21.8. The van der Waals surface area contributed by atoms with Crippen molar-refractivity contribution in [3.8, 4) is 0 Å². The maximum absolute atomic E-state index is 5.46. The van der Waals surface area contributed by atoms with E-state index >= 15 is 0 Å². The van der Waals surface area contributed by atoms with Crippen molar-refractivity contribution in [2.75, 3.05) is 13.1 Å². The zero-order valence-electron chi connectivity index (χ0n) is 5.34. The second-order valence-corrected chi connectivity index (χ2v) is 2.82. The third kappa shape index (κ3) is 1.91. The number of hydrogen-bond acceptors (Lipinski definition) is 1. The first kappa shape index (κ1) is 6.96. The lowest BCUT2D eigenvalue weighted by atomic mass is 9.99. The fraction of sp³-hybridized carbons (Fsp3) is 0.833. The molecule has 9 heavy (non-hydrogen) atoms. The van der Waals surface area contributed by atoms with Gasteiger partial charge in [-0.2, -0.15) is 0 Å². The highest BCUT2D eigenvalue weighted by Crippen LogP contribution is 2.17. The minimum Gasteiger partial charge on any atom is -0.662 e. The van der Waals surface area contributed by atoms with Crippen LogP contribution in [0, 0.1) is 5.92 Å². The van der Waals surface area contributed by atoms with Crippen LogP contribution in [0.4, 0.5) is 0 Å². The number of piperidine rings is 1. The van der Waals surface area contributed by atoms with Crippen molar-refractivity contribution in [2.24, 2.45) is 11.7 Å². The van der Waals surface area contributed by atoms with Gasteiger partial charge in [-0.3, -0.25) is 0 Å². The Morgan fingerprint density at radius 1 is 1.44 bits per heavy atom. The summed E-state index contributed by atoms with van der Waals surface area (Å²) in [5.41, 5.74) is 5.46. The van der Waals surface area contributed by atoms with Crippen LogP contribution in [0.2, 0.25) is 0 Å². The van der Waals surface area contributed by atoms with Gasteiger partial charge in [-0.15, -0.1) is 13.1 Å². The van der Waals surface area contributed by atoms with Gasteiger partial charge in [0.15, 0.2) is 0 Å². The summed E-state index contributed by atoms with van der Waals surface area (Å²) < 4.78 is 0. The summed E-state index contributed by atoms with van der Waals surface area (Å²) in [4.78, 5) is 0.671. The van der Waals surface area contributed by atoms with Crippen molar-refractivity contribution >= 4 is 17.2 Å². The highest BCUT2D eigenvalue weighted by atomic mass is 32.1. The van der Waals surface area contributed by atoms with E-state index in [2.05, 4.69) is 5.32 Å². The smallest absolute Gasteiger partial charge is 0.0757 e. The monoisotopic (exact) mass is 143 g/mol. The van der Waals surface area contributed by atoms with Crippen LogP contribution in [-0.2, 0) is 0 Å². The highest BCUT2D eigenvalue weighted by Gasteiger charge is 2.09. The first-order valence-corrected chi connectivity index (χ1v) is 3.64. The molecule has 1 heterocycles. The topological polar surface area (TPSA) is 40.1 Å². The molecule has 0 aromatic carbocycles. The van der Waals surface area contributed by atoms with Gasteiger partial charge >= 0.3 is 0 Å². The average Bonchev–Trinajstić information content (AvgIpc) is 1.90. The van der Waals surface area contributed by atoms with Gasteiger partial charge in [-0.1, -0.05) is 25.1 Å². The lowest BCUT2D eigenvalue weighted by molar-refractivity contribution is 0.571. The molecule has 2 nitrogen and oxygen atoms in total. The molecule has 0 bridgehead atoms. The number of thiocarbonyl (C=S) groups is 1. The van der Waals surface area contributed by atoms with Crippen molar-refractivity contribution in [3.63, 3.8) is 0 Å². The van der Waals surface area contributed by atoms with Gasteiger partial charge < -0.3 is 11.1 Å². The van der Waals surface area contributed by atoms with E-state index in [-0.39, 0.29) is 0 Å². The van der Waals surface area contributed by atoms with Crippen molar-refractivity contribution < 1.29 is 0 Å². The van der Waals surface area contributed by atoms with E-state index in [0.717, 1.165) is 25.9 Å². The van der Waals surface area contributed by atoms with E-state index in [1.807, 2.05) is 0 Å². The van der Waals surface area contributed by atoms with E-state index in [9.17, 15) is 0 Å². The third-order valence-electron chi connectivity index (χ3n) is 1.67. The van der Waals surface area contributed by atoms with Crippen LogP contribution in [0.1, 0.15) is 12.8 Å². The molecule has 1 aliphatic rings. The molecule has 52 valence electrons. The first-order valence-electron chi connectivity index (χ1n) is 3.23. The molecule has 2 N–H and O–H groups in total. The molecule has 1 fully saturated rings. The van der Waals surface area contributed by atoms with E-state index in [0.29, 0.717) is 10.9 Å². The molecule has 0 saturated carbocycles. The van der Waals surface area contributed by atoms with E-state index in [1.165, 1.54) is 0 Å². The fourth-order valence-corrected chi connectivity index (χ4v) is 1.27. The maximum atomic E-state index is 5.46. The first-order chi connectivity index (χ1) is 4.30. The summed E-state index contributed by atoms with van der Waals surface area (Å²) in [6.07, 6.45) is 2.13. The van der Waals surface area contributed by atoms with Crippen LogP contribution in [0.5, 0.6) is 0 Å². The molecule has 1 aliphatic heterocycles. The van der Waals surface area contributed by atoms with Gasteiger partial charge in [0.05, 0.1) is 4.99 Å². The Balaban J connectivity index is 2.31. The predicted molar refractivity (Wildman–Crippen MR) is 42.6 cm³/mol. The summed E-state index contributed by atoms with van der Waals surface area (Å²) in [5.74, 6) is 0.470. The van der Waals surface area contributed by atoms with Crippen LogP contribution in [-0.4, -0.2) is 18.1 Å². The summed E-state index contributed by atoms with van der Waals surface area (Å²) >= 11 is 4.85. The van der Waals surface area contributed by atoms with Crippen LogP contribution in [0.25, 0.3) is 5.32 Å². The lowest BCUT2D eigenvalue weighted by Gasteiger charge is -2.30. The standard InChI is InChI=1S/C6H11N2S/c7-6(9)5-1-3-8-4-2-5/h5H,1-4H2,(H2,7,9)/q-1. The van der Waals surface area contributed by atoms with Crippen LogP contribution >= 0.6 is 12.2 Å². The molecule has 0 spiro atoms. The van der Waals surface area contributed by atoms with E-state index in [1.54, 1.807) is 0 Å². The Kier molecular flexibility index (Phi) is 2.42. The number of nitrogens with two attached hydrogens (primary N) is 1. The predicted octanol–water partition coefficient (Wildman–Crippen LogP) is 1.06. The van der Waals surface area contributed by atoms with Gasteiger partial charge in [-0.25, -0.2) is 0 Å². The molecule has 0 atom stereocenters. The molecule has 0 aliphatic carbocycles. The third-order valence-corrected chi connectivity index (χ3v) is 2.01. The number of nitrogens with zero attached hydrogens (tertiary/aromatic N) is 1. The second-order valence-electron chi connectivity index (χ2n) is 2.35. The van der Waals surface area contributed by atoms with E-state index < -0.39 is 0 Å². The Morgan fingerprint density at radius 3 is 2.33 bits per heavy atom. The van der Waals surface area contributed by atoms with Gasteiger partial charge in [0.2, 0.25) is 0 Å². The van der Waals surface area contributed by atoms with Crippen molar-refractivity contribution in [1.82, 2.24) is 0 Å². The zero-order chi connectivity index (χ0) is 6.69.